The Kier molecular flexibility index (Phi) is 7.14. The van der Waals surface area contributed by atoms with Crippen molar-refractivity contribution in [2.24, 2.45) is 0 Å². The van der Waals surface area contributed by atoms with Crippen molar-refractivity contribution in [2.45, 2.75) is 57.4 Å². The third-order valence-corrected chi connectivity index (χ3v) is 3.08. The zero-order valence-electron chi connectivity index (χ0n) is 11.0. The highest BCUT2D eigenvalue weighted by molar-refractivity contribution is 5.85. The first kappa shape index (κ1) is 14.7. The minimum Gasteiger partial charge on any atom is -0.464 e. The summed E-state index contributed by atoms with van der Waals surface area (Å²) in [5, 5.41) is 2.71. The molecular formula is C14H23NO3. The number of hydrogen-bond acceptors (Lipinski definition) is 3. The number of nitrogens with one attached hydrogen (secondary N) is 1. The Morgan fingerprint density at radius 2 is 2.06 bits per heavy atom. The zero-order valence-corrected chi connectivity index (χ0v) is 11.0. The molecule has 1 unspecified atom stereocenters. The van der Waals surface area contributed by atoms with Gasteiger partial charge in [-0.05, 0) is 19.3 Å². The molecule has 0 aromatic carbocycles. The van der Waals surface area contributed by atoms with Crippen molar-refractivity contribution >= 4 is 11.9 Å². The number of unbranched alkanes of at least 4 members (excludes halogenated alkanes) is 5. The third-order valence-electron chi connectivity index (χ3n) is 3.08. The van der Waals surface area contributed by atoms with E-state index in [1.165, 1.54) is 12.8 Å². The number of hydrogen-bond donors (Lipinski definition) is 1. The zero-order chi connectivity index (χ0) is 13.2. The van der Waals surface area contributed by atoms with Crippen LogP contribution in [0.2, 0.25) is 0 Å². The van der Waals surface area contributed by atoms with Gasteiger partial charge in [0, 0.05) is 12.8 Å². The van der Waals surface area contributed by atoms with Crippen LogP contribution >= 0.6 is 0 Å². The fourth-order valence-corrected chi connectivity index (χ4v) is 2.00. The largest absolute Gasteiger partial charge is 0.464 e. The minimum absolute atomic E-state index is 0.0371. The van der Waals surface area contributed by atoms with E-state index in [4.69, 9.17) is 4.74 Å². The summed E-state index contributed by atoms with van der Waals surface area (Å²) in [6.07, 6.45) is 9.62. The van der Waals surface area contributed by atoms with Crippen LogP contribution in [0.5, 0.6) is 0 Å². The topological polar surface area (TPSA) is 55.4 Å². The van der Waals surface area contributed by atoms with E-state index in [1.807, 2.05) is 6.08 Å². The van der Waals surface area contributed by atoms with Gasteiger partial charge in [0.2, 0.25) is 5.91 Å². The number of esters is 1. The summed E-state index contributed by atoms with van der Waals surface area (Å²) in [6, 6.07) is -0.412. The van der Waals surface area contributed by atoms with E-state index in [0.717, 1.165) is 25.7 Å². The van der Waals surface area contributed by atoms with Crippen LogP contribution in [0.3, 0.4) is 0 Å². The van der Waals surface area contributed by atoms with Gasteiger partial charge in [0.25, 0.3) is 0 Å². The second kappa shape index (κ2) is 8.72. The summed E-state index contributed by atoms with van der Waals surface area (Å²) >= 11 is 0. The van der Waals surface area contributed by atoms with Crippen LogP contribution in [0.4, 0.5) is 0 Å². The molecule has 4 heteroatoms. The number of allylic oxidation sites excluding steroid dienone is 1. The van der Waals surface area contributed by atoms with E-state index in [2.05, 4.69) is 11.9 Å². The lowest BCUT2D eigenvalue weighted by Gasteiger charge is -2.08. The van der Waals surface area contributed by atoms with E-state index >= 15 is 0 Å². The summed E-state index contributed by atoms with van der Waals surface area (Å²) in [4.78, 5) is 22.7. The lowest BCUT2D eigenvalue weighted by atomic mass is 10.1. The summed E-state index contributed by atoms with van der Waals surface area (Å²) < 4.78 is 4.79. The first-order valence-corrected chi connectivity index (χ1v) is 6.81. The number of carbonyl (C=O) groups is 2. The molecule has 0 bridgehead atoms. The van der Waals surface area contributed by atoms with E-state index in [0.29, 0.717) is 19.4 Å². The molecule has 1 heterocycles. The normalized spacial score (nSPS) is 18.4. The molecule has 18 heavy (non-hydrogen) atoms. The Labute approximate surface area is 109 Å². The lowest BCUT2D eigenvalue weighted by molar-refractivity contribution is -0.141. The van der Waals surface area contributed by atoms with E-state index in [-0.39, 0.29) is 11.9 Å². The summed E-state index contributed by atoms with van der Waals surface area (Å²) in [7, 11) is 0. The Morgan fingerprint density at radius 1 is 1.33 bits per heavy atom. The molecule has 102 valence electrons. The molecular weight excluding hydrogens is 230 g/mol. The highest BCUT2D eigenvalue weighted by Gasteiger charge is 2.27. The molecule has 1 fully saturated rings. The van der Waals surface area contributed by atoms with Crippen LogP contribution in [-0.4, -0.2) is 24.5 Å². The molecule has 1 atom stereocenters. The van der Waals surface area contributed by atoms with Crippen molar-refractivity contribution in [3.05, 3.63) is 12.7 Å². The van der Waals surface area contributed by atoms with Gasteiger partial charge in [-0.3, -0.25) is 4.79 Å². The second-order valence-corrected chi connectivity index (χ2v) is 4.67. The second-order valence-electron chi connectivity index (χ2n) is 4.67. The molecule has 1 aliphatic rings. The van der Waals surface area contributed by atoms with Crippen LogP contribution in [0, 0.1) is 0 Å². The van der Waals surface area contributed by atoms with Crippen molar-refractivity contribution in [2.75, 3.05) is 6.61 Å². The lowest BCUT2D eigenvalue weighted by Crippen LogP contribution is -2.37. The first-order valence-electron chi connectivity index (χ1n) is 6.81. The van der Waals surface area contributed by atoms with E-state index < -0.39 is 6.04 Å². The number of amides is 1. The summed E-state index contributed by atoms with van der Waals surface area (Å²) in [5.41, 5.74) is 0. The smallest absolute Gasteiger partial charge is 0.328 e. The predicted octanol–water partition coefficient (Wildman–Crippen LogP) is 2.33. The molecule has 0 radical (unpaired) electrons. The molecule has 1 amide bonds. The van der Waals surface area contributed by atoms with E-state index in [9.17, 15) is 9.59 Å². The van der Waals surface area contributed by atoms with Gasteiger partial charge >= 0.3 is 5.97 Å². The van der Waals surface area contributed by atoms with E-state index in [1.54, 1.807) is 0 Å². The Balaban J connectivity index is 1.96. The first-order chi connectivity index (χ1) is 8.74. The number of rotatable bonds is 9. The van der Waals surface area contributed by atoms with Crippen molar-refractivity contribution in [3.8, 4) is 0 Å². The fraction of sp³-hybridized carbons (Fsp3) is 0.714. The maximum atomic E-state index is 11.5. The number of cyclic esters (lactones) is 1. The Bertz CT molecular complexity index is 289. The molecule has 0 aromatic rings. The van der Waals surface area contributed by atoms with Crippen molar-refractivity contribution in [3.63, 3.8) is 0 Å². The maximum absolute atomic E-state index is 11.5. The average Bonchev–Trinajstić information content (AvgIpc) is 2.74. The fourth-order valence-electron chi connectivity index (χ4n) is 2.00. The standard InChI is InChI=1S/C14H23NO3/c1-2-3-4-5-6-7-8-9-13(16)15-12-10-11-18-14(12)17/h2,12H,1,3-11H2,(H,15,16). The molecule has 1 aliphatic heterocycles. The van der Waals surface area contributed by atoms with Crippen LogP contribution in [0.25, 0.3) is 0 Å². The molecule has 1 rings (SSSR count). The van der Waals surface area contributed by atoms with Crippen LogP contribution in [0.1, 0.15) is 51.4 Å². The Hall–Kier alpha value is -1.32. The minimum atomic E-state index is -0.412. The highest BCUT2D eigenvalue weighted by Crippen LogP contribution is 2.09. The molecule has 0 aliphatic carbocycles. The third kappa shape index (κ3) is 5.84. The molecule has 1 saturated heterocycles. The van der Waals surface area contributed by atoms with Crippen molar-refractivity contribution < 1.29 is 14.3 Å². The predicted molar refractivity (Wildman–Crippen MR) is 70.0 cm³/mol. The molecule has 0 saturated carbocycles. The van der Waals surface area contributed by atoms with Gasteiger partial charge in [-0.25, -0.2) is 4.79 Å². The van der Waals surface area contributed by atoms with Gasteiger partial charge in [0.15, 0.2) is 0 Å². The van der Waals surface area contributed by atoms with Gasteiger partial charge in [-0.2, -0.15) is 0 Å². The van der Waals surface area contributed by atoms with Crippen molar-refractivity contribution in [1.82, 2.24) is 5.32 Å². The van der Waals surface area contributed by atoms with Gasteiger partial charge < -0.3 is 10.1 Å². The van der Waals surface area contributed by atoms with Crippen LogP contribution in [-0.2, 0) is 14.3 Å². The van der Waals surface area contributed by atoms with Crippen LogP contribution < -0.4 is 5.32 Å². The molecule has 0 spiro atoms. The van der Waals surface area contributed by atoms with Crippen molar-refractivity contribution in [1.29, 1.82) is 0 Å². The number of carbonyl (C=O) groups excluding carboxylic acids is 2. The van der Waals surface area contributed by atoms with Crippen LogP contribution in [0.15, 0.2) is 12.7 Å². The SMILES string of the molecule is C=CCCCCCCCC(=O)NC1CCOC1=O. The molecule has 4 nitrogen and oxygen atoms in total. The van der Waals surface area contributed by atoms with Gasteiger partial charge in [0.05, 0.1) is 6.61 Å². The van der Waals surface area contributed by atoms with Gasteiger partial charge in [-0.1, -0.05) is 25.3 Å². The average molecular weight is 253 g/mol. The maximum Gasteiger partial charge on any atom is 0.328 e. The molecule has 1 N–H and O–H groups in total. The number of ether oxygens (including phenoxy) is 1. The summed E-state index contributed by atoms with van der Waals surface area (Å²) in [5.74, 6) is -0.335. The highest BCUT2D eigenvalue weighted by atomic mass is 16.5. The van der Waals surface area contributed by atoms with Gasteiger partial charge in [0.1, 0.15) is 6.04 Å². The van der Waals surface area contributed by atoms with Gasteiger partial charge in [-0.15, -0.1) is 6.58 Å². The monoisotopic (exact) mass is 253 g/mol. The molecule has 0 aromatic heterocycles. The Morgan fingerprint density at radius 3 is 2.72 bits per heavy atom. The summed E-state index contributed by atoms with van der Waals surface area (Å²) in [6.45, 7) is 4.11. The quantitative estimate of drug-likeness (QED) is 0.390.